The Kier molecular flexibility index (Phi) is 6.67. The molecule has 28 heavy (non-hydrogen) atoms. The highest BCUT2D eigenvalue weighted by molar-refractivity contribution is 5.75. The minimum Gasteiger partial charge on any atom is -0.353 e. The number of nitrogens with one attached hydrogen (secondary N) is 1. The Morgan fingerprint density at radius 2 is 2.00 bits per heavy atom. The van der Waals surface area contributed by atoms with Crippen molar-refractivity contribution in [3.8, 4) is 0 Å². The Bertz CT molecular complexity index is 870. The molecule has 0 spiro atoms. The molecule has 0 unspecified atom stereocenters. The van der Waals surface area contributed by atoms with E-state index in [-0.39, 0.29) is 24.2 Å². The van der Waals surface area contributed by atoms with Crippen LogP contribution >= 0.6 is 0 Å². The molecule has 1 aromatic heterocycles. The van der Waals surface area contributed by atoms with Crippen LogP contribution in [0, 0.1) is 0 Å². The van der Waals surface area contributed by atoms with Gasteiger partial charge in [0.15, 0.2) is 0 Å². The van der Waals surface area contributed by atoms with Crippen molar-refractivity contribution >= 4 is 5.91 Å². The van der Waals surface area contributed by atoms with E-state index >= 15 is 0 Å². The summed E-state index contributed by atoms with van der Waals surface area (Å²) in [4.78, 5) is 27.2. The van der Waals surface area contributed by atoms with Crippen molar-refractivity contribution < 1.29 is 4.79 Å². The van der Waals surface area contributed by atoms with E-state index in [1.807, 2.05) is 6.92 Å². The van der Waals surface area contributed by atoms with Gasteiger partial charge in [0.25, 0.3) is 0 Å². The number of likely N-dealkylation sites (N-methyl/N-ethyl adjacent to an activating group) is 1. The number of aryl methyl sites for hydroxylation is 1. The second-order valence-electron chi connectivity index (χ2n) is 7.55. The number of benzene rings is 1. The first kappa shape index (κ1) is 20.3. The summed E-state index contributed by atoms with van der Waals surface area (Å²) in [6.07, 6.45) is 3.71. The summed E-state index contributed by atoms with van der Waals surface area (Å²) in [6, 6.07) is 8.70. The molecule has 7 heteroatoms. The lowest BCUT2D eigenvalue weighted by Crippen LogP contribution is -2.46. The second kappa shape index (κ2) is 9.19. The van der Waals surface area contributed by atoms with Gasteiger partial charge in [-0.2, -0.15) is 5.10 Å². The summed E-state index contributed by atoms with van der Waals surface area (Å²) in [7, 11) is 2.08. The first-order valence-corrected chi connectivity index (χ1v) is 10.2. The minimum atomic E-state index is -0.201. The number of nitrogens with zero attached hydrogens (tertiary/aromatic N) is 4. The Morgan fingerprint density at radius 1 is 1.25 bits per heavy atom. The van der Waals surface area contributed by atoms with E-state index in [4.69, 9.17) is 0 Å². The Hall–Kier alpha value is -2.41. The van der Waals surface area contributed by atoms with E-state index in [1.165, 1.54) is 15.8 Å². The van der Waals surface area contributed by atoms with Crippen LogP contribution in [-0.2, 0) is 37.3 Å². The van der Waals surface area contributed by atoms with Crippen LogP contribution in [0.25, 0.3) is 0 Å². The molecule has 1 atom stereocenters. The monoisotopic (exact) mass is 385 g/mol. The third-order valence-electron chi connectivity index (χ3n) is 5.51. The van der Waals surface area contributed by atoms with Crippen LogP contribution in [0.4, 0.5) is 0 Å². The quantitative estimate of drug-likeness (QED) is 0.749. The first-order chi connectivity index (χ1) is 13.5. The van der Waals surface area contributed by atoms with Crippen LogP contribution in [-0.4, -0.2) is 44.8 Å². The van der Waals surface area contributed by atoms with Gasteiger partial charge in [-0.25, -0.2) is 9.48 Å². The fraction of sp³-hybridized carbons (Fsp3) is 0.571. The maximum atomic E-state index is 12.5. The molecule has 7 nitrogen and oxygen atoms in total. The molecule has 1 amide bonds. The van der Waals surface area contributed by atoms with Crippen molar-refractivity contribution in [3.63, 3.8) is 0 Å². The number of fused-ring (bicyclic) bond motifs is 1. The average Bonchev–Trinajstić information content (AvgIpc) is 2.99. The standard InChI is InChI=1S/C21H31N5O2/c1-4-6-11-19-23-26(21(28)25(19)5-2)15-20(27)22-13-18-12-16-9-7-8-10-17(16)14-24(18)3/h7-10,18H,4-6,11-15H2,1-3H3,(H,22,27)/t18-/m0/s1. The van der Waals surface area contributed by atoms with Crippen molar-refractivity contribution in [2.45, 2.75) is 65.2 Å². The summed E-state index contributed by atoms with van der Waals surface area (Å²) in [6.45, 7) is 6.04. The summed E-state index contributed by atoms with van der Waals surface area (Å²) in [5.41, 5.74) is 2.50. The summed E-state index contributed by atoms with van der Waals surface area (Å²) in [5, 5.41) is 7.38. The van der Waals surface area contributed by atoms with Crippen molar-refractivity contribution in [2.75, 3.05) is 13.6 Å². The van der Waals surface area contributed by atoms with Gasteiger partial charge in [-0.15, -0.1) is 0 Å². The summed E-state index contributed by atoms with van der Waals surface area (Å²) < 4.78 is 2.96. The van der Waals surface area contributed by atoms with Gasteiger partial charge in [0.05, 0.1) is 0 Å². The average molecular weight is 386 g/mol. The Morgan fingerprint density at radius 3 is 2.71 bits per heavy atom. The molecule has 0 bridgehead atoms. The van der Waals surface area contributed by atoms with Crippen LogP contribution in [0.2, 0.25) is 0 Å². The third kappa shape index (κ3) is 4.52. The number of hydrogen-bond donors (Lipinski definition) is 1. The van der Waals surface area contributed by atoms with Crippen molar-refractivity contribution in [2.24, 2.45) is 0 Å². The maximum Gasteiger partial charge on any atom is 0.346 e. The number of carbonyl (C=O) groups is 1. The van der Waals surface area contributed by atoms with Crippen LogP contribution in [0.5, 0.6) is 0 Å². The van der Waals surface area contributed by atoms with Gasteiger partial charge in [-0.3, -0.25) is 14.3 Å². The number of hydrogen-bond acceptors (Lipinski definition) is 4. The van der Waals surface area contributed by atoms with E-state index in [9.17, 15) is 9.59 Å². The molecule has 0 fully saturated rings. The molecule has 152 valence electrons. The molecule has 1 N–H and O–H groups in total. The molecule has 0 saturated heterocycles. The lowest BCUT2D eigenvalue weighted by Gasteiger charge is -2.34. The molecular weight excluding hydrogens is 354 g/mol. The molecule has 3 rings (SSSR count). The van der Waals surface area contributed by atoms with Crippen LogP contribution in [0.1, 0.15) is 43.6 Å². The molecule has 2 aromatic rings. The van der Waals surface area contributed by atoms with Gasteiger partial charge in [0.2, 0.25) is 5.91 Å². The minimum absolute atomic E-state index is 0.0298. The molecule has 0 radical (unpaired) electrons. The SMILES string of the molecule is CCCCc1nn(CC(=O)NC[C@@H]2Cc3ccccc3CN2C)c(=O)n1CC. The molecule has 1 aliphatic rings. The van der Waals surface area contributed by atoms with Gasteiger partial charge in [-0.05, 0) is 37.9 Å². The lowest BCUT2D eigenvalue weighted by molar-refractivity contribution is -0.122. The predicted octanol–water partition coefficient (Wildman–Crippen LogP) is 1.58. The number of unbranched alkanes of at least 4 members (excludes halogenated alkanes) is 1. The molecule has 1 aromatic carbocycles. The largest absolute Gasteiger partial charge is 0.353 e. The maximum absolute atomic E-state index is 12.5. The molecular formula is C21H31N5O2. The Balaban J connectivity index is 1.59. The van der Waals surface area contributed by atoms with E-state index < -0.39 is 0 Å². The van der Waals surface area contributed by atoms with E-state index in [0.29, 0.717) is 13.1 Å². The summed E-state index contributed by atoms with van der Waals surface area (Å²) in [5.74, 6) is 0.600. The first-order valence-electron chi connectivity index (χ1n) is 10.2. The zero-order valence-electron chi connectivity index (χ0n) is 17.1. The lowest BCUT2D eigenvalue weighted by atomic mass is 9.94. The van der Waals surface area contributed by atoms with Crippen LogP contribution in [0.15, 0.2) is 29.1 Å². The highest BCUT2D eigenvalue weighted by atomic mass is 16.2. The van der Waals surface area contributed by atoms with Crippen molar-refractivity contribution in [1.82, 2.24) is 24.6 Å². The van der Waals surface area contributed by atoms with Gasteiger partial charge in [-0.1, -0.05) is 37.6 Å². The van der Waals surface area contributed by atoms with Gasteiger partial charge < -0.3 is 5.32 Å². The van der Waals surface area contributed by atoms with E-state index in [1.54, 1.807) is 4.57 Å². The zero-order chi connectivity index (χ0) is 20.1. The smallest absolute Gasteiger partial charge is 0.346 e. The normalized spacial score (nSPS) is 16.8. The number of amides is 1. The fourth-order valence-corrected chi connectivity index (χ4v) is 3.80. The van der Waals surface area contributed by atoms with E-state index in [2.05, 4.69) is 53.6 Å². The topological polar surface area (TPSA) is 72.2 Å². The molecule has 0 saturated carbocycles. The Labute approximate surface area is 166 Å². The van der Waals surface area contributed by atoms with Crippen molar-refractivity contribution in [1.29, 1.82) is 0 Å². The van der Waals surface area contributed by atoms with Crippen molar-refractivity contribution in [3.05, 3.63) is 51.7 Å². The molecule has 2 heterocycles. The molecule has 1 aliphatic heterocycles. The second-order valence-corrected chi connectivity index (χ2v) is 7.55. The molecule has 0 aliphatic carbocycles. The van der Waals surface area contributed by atoms with Gasteiger partial charge in [0, 0.05) is 32.1 Å². The van der Waals surface area contributed by atoms with Gasteiger partial charge >= 0.3 is 5.69 Å². The third-order valence-corrected chi connectivity index (χ3v) is 5.51. The highest BCUT2D eigenvalue weighted by Gasteiger charge is 2.23. The van der Waals surface area contributed by atoms with Crippen LogP contribution in [0.3, 0.4) is 0 Å². The number of carbonyl (C=O) groups excluding carboxylic acids is 1. The van der Waals surface area contributed by atoms with Gasteiger partial charge in [0.1, 0.15) is 12.4 Å². The zero-order valence-corrected chi connectivity index (χ0v) is 17.1. The predicted molar refractivity (Wildman–Crippen MR) is 109 cm³/mol. The van der Waals surface area contributed by atoms with Crippen LogP contribution < -0.4 is 11.0 Å². The fourth-order valence-electron chi connectivity index (χ4n) is 3.80. The van der Waals surface area contributed by atoms with E-state index in [0.717, 1.165) is 38.1 Å². The number of rotatable bonds is 8. The summed E-state index contributed by atoms with van der Waals surface area (Å²) >= 11 is 0. The highest BCUT2D eigenvalue weighted by Crippen LogP contribution is 2.21. The number of aromatic nitrogens is 3.